The first kappa shape index (κ1) is 20.0. The van der Waals surface area contributed by atoms with Crippen molar-refractivity contribution in [2.24, 2.45) is 34.5 Å². The monoisotopic (exact) mass is 406 g/mol. The van der Waals surface area contributed by atoms with Gasteiger partial charge in [0.1, 0.15) is 6.61 Å². The minimum Gasteiger partial charge on any atom is -0.458 e. The second-order valence-electron chi connectivity index (χ2n) is 10.8. The summed E-state index contributed by atoms with van der Waals surface area (Å²) < 4.78 is 5.15. The van der Waals surface area contributed by atoms with E-state index in [1.54, 1.807) is 6.08 Å². The van der Waals surface area contributed by atoms with E-state index in [4.69, 9.17) is 4.74 Å². The number of aliphatic hydroxyl groups excluding tert-OH is 3. The molecule has 0 aromatic rings. The van der Waals surface area contributed by atoms with Gasteiger partial charge in [-0.1, -0.05) is 6.92 Å². The summed E-state index contributed by atoms with van der Waals surface area (Å²) in [7, 11) is 0. The predicted molar refractivity (Wildman–Crippen MR) is 105 cm³/mol. The van der Waals surface area contributed by atoms with Crippen molar-refractivity contribution in [2.45, 2.75) is 76.1 Å². The van der Waals surface area contributed by atoms with Gasteiger partial charge >= 0.3 is 5.97 Å². The number of carbonyl (C=O) groups excluding carboxylic acids is 1. The highest BCUT2D eigenvalue weighted by atomic mass is 16.5. The Morgan fingerprint density at radius 1 is 1.17 bits per heavy atom. The molecule has 1 aliphatic heterocycles. The first-order chi connectivity index (χ1) is 13.7. The molecule has 6 heteroatoms. The zero-order chi connectivity index (χ0) is 20.6. The van der Waals surface area contributed by atoms with Crippen molar-refractivity contribution in [1.29, 1.82) is 0 Å². The van der Waals surface area contributed by atoms with Crippen LogP contribution in [0.3, 0.4) is 0 Å². The van der Waals surface area contributed by atoms with Crippen LogP contribution in [0, 0.1) is 34.5 Å². The third-order valence-electron chi connectivity index (χ3n) is 9.90. The molecular formula is C23H34O6. The fourth-order valence-electron chi connectivity index (χ4n) is 8.57. The lowest BCUT2D eigenvalue weighted by molar-refractivity contribution is -0.252. The minimum atomic E-state index is -0.919. The zero-order valence-electron chi connectivity index (χ0n) is 17.2. The number of esters is 1. The summed E-state index contributed by atoms with van der Waals surface area (Å²) >= 11 is 0. The quantitative estimate of drug-likeness (QED) is 0.519. The lowest BCUT2D eigenvalue weighted by Gasteiger charge is -2.65. The number of aliphatic hydroxyl groups is 4. The number of carbonyl (C=O) groups is 1. The van der Waals surface area contributed by atoms with Gasteiger partial charge in [-0.25, -0.2) is 4.79 Å². The molecule has 0 saturated heterocycles. The average molecular weight is 407 g/mol. The summed E-state index contributed by atoms with van der Waals surface area (Å²) in [5, 5.41) is 44.3. The lowest BCUT2D eigenvalue weighted by Crippen LogP contribution is -2.67. The van der Waals surface area contributed by atoms with Gasteiger partial charge in [-0.3, -0.25) is 0 Å². The van der Waals surface area contributed by atoms with Gasteiger partial charge in [-0.2, -0.15) is 0 Å². The van der Waals surface area contributed by atoms with E-state index < -0.39 is 22.5 Å². The van der Waals surface area contributed by atoms with Crippen LogP contribution in [-0.2, 0) is 9.53 Å². The molecule has 4 N–H and O–H groups in total. The Morgan fingerprint density at radius 2 is 1.97 bits per heavy atom. The van der Waals surface area contributed by atoms with Crippen molar-refractivity contribution in [1.82, 2.24) is 0 Å². The Kier molecular flexibility index (Phi) is 4.49. The summed E-state index contributed by atoms with van der Waals surface area (Å²) in [5.74, 6) is -0.301. The van der Waals surface area contributed by atoms with E-state index in [-0.39, 0.29) is 42.4 Å². The molecule has 5 aliphatic rings. The first-order valence-electron chi connectivity index (χ1n) is 11.3. The van der Waals surface area contributed by atoms with Gasteiger partial charge in [-0.05, 0) is 80.6 Å². The number of hydrogen-bond donors (Lipinski definition) is 4. The fourth-order valence-corrected chi connectivity index (χ4v) is 8.57. The standard InChI is InChI=1S/C23H34O6/c1-21-10-18(26)20-17(3-2-14-9-15(25)4-6-22(14,20)12-24)23(21,28)7-5-16(21)13-8-19(27)29-11-13/h8,14-18,20,24-26,28H,2-7,9-12H2,1H3/t14-,15-,16+,17-,18-,20+,21+,22+,23-/m0/s1. The Labute approximate surface area is 172 Å². The van der Waals surface area contributed by atoms with Crippen molar-refractivity contribution in [2.75, 3.05) is 13.2 Å². The highest BCUT2D eigenvalue weighted by molar-refractivity contribution is 5.85. The summed E-state index contributed by atoms with van der Waals surface area (Å²) in [4.78, 5) is 11.7. The number of cyclic esters (lactones) is 1. The van der Waals surface area contributed by atoms with Crippen LogP contribution in [0.1, 0.15) is 58.3 Å². The molecular weight excluding hydrogens is 372 g/mol. The maximum absolute atomic E-state index is 12.1. The molecule has 4 fully saturated rings. The second-order valence-corrected chi connectivity index (χ2v) is 10.8. The van der Waals surface area contributed by atoms with Crippen LogP contribution in [0.15, 0.2) is 11.6 Å². The Morgan fingerprint density at radius 3 is 2.66 bits per heavy atom. The van der Waals surface area contributed by atoms with Gasteiger partial charge in [0.15, 0.2) is 0 Å². The minimum absolute atomic E-state index is 0.00628. The Balaban J connectivity index is 1.53. The molecule has 162 valence electrons. The van der Waals surface area contributed by atoms with Crippen LogP contribution >= 0.6 is 0 Å². The molecule has 4 saturated carbocycles. The van der Waals surface area contributed by atoms with Gasteiger partial charge in [0.2, 0.25) is 0 Å². The molecule has 5 rings (SSSR count). The van der Waals surface area contributed by atoms with Crippen LogP contribution in [-0.4, -0.2) is 57.4 Å². The molecule has 0 bridgehead atoms. The van der Waals surface area contributed by atoms with E-state index in [0.717, 1.165) is 24.8 Å². The highest BCUT2D eigenvalue weighted by Gasteiger charge is 2.70. The van der Waals surface area contributed by atoms with Crippen LogP contribution in [0.5, 0.6) is 0 Å². The third kappa shape index (κ3) is 2.52. The van der Waals surface area contributed by atoms with Crippen molar-refractivity contribution >= 4 is 5.97 Å². The molecule has 4 aliphatic carbocycles. The van der Waals surface area contributed by atoms with E-state index in [9.17, 15) is 25.2 Å². The van der Waals surface area contributed by atoms with Crippen LogP contribution in [0.4, 0.5) is 0 Å². The SMILES string of the molecule is C[C@]12C[C@H](O)[C@H]3[C@H](CC[C@H]4C[C@@H](O)CC[C@@]43CO)[C@@]1(O)CC[C@@H]2C1=CC(=O)OC1. The van der Waals surface area contributed by atoms with Crippen LogP contribution < -0.4 is 0 Å². The number of fused-ring (bicyclic) bond motifs is 5. The summed E-state index contributed by atoms with van der Waals surface area (Å²) in [6.07, 6.45) is 6.29. The van der Waals surface area contributed by atoms with Gasteiger partial charge in [-0.15, -0.1) is 0 Å². The van der Waals surface area contributed by atoms with Crippen molar-refractivity contribution < 1.29 is 30.0 Å². The molecule has 0 spiro atoms. The van der Waals surface area contributed by atoms with Gasteiger partial charge in [0, 0.05) is 23.5 Å². The molecule has 29 heavy (non-hydrogen) atoms. The topological polar surface area (TPSA) is 107 Å². The largest absolute Gasteiger partial charge is 0.458 e. The third-order valence-corrected chi connectivity index (χ3v) is 9.90. The van der Waals surface area contributed by atoms with Crippen molar-refractivity contribution in [3.05, 3.63) is 11.6 Å². The number of hydrogen-bond acceptors (Lipinski definition) is 6. The maximum atomic E-state index is 12.1. The lowest BCUT2D eigenvalue weighted by atomic mass is 9.42. The highest BCUT2D eigenvalue weighted by Crippen LogP contribution is 2.69. The van der Waals surface area contributed by atoms with E-state index in [2.05, 4.69) is 6.92 Å². The van der Waals surface area contributed by atoms with E-state index in [0.29, 0.717) is 38.7 Å². The summed E-state index contributed by atoms with van der Waals surface area (Å²) in [6.45, 7) is 2.38. The Bertz CT molecular complexity index is 735. The first-order valence-corrected chi connectivity index (χ1v) is 11.3. The second kappa shape index (κ2) is 6.52. The molecule has 0 radical (unpaired) electrons. The molecule has 0 aromatic heterocycles. The van der Waals surface area contributed by atoms with Gasteiger partial charge in [0.05, 0.1) is 17.8 Å². The molecule has 0 aromatic carbocycles. The zero-order valence-corrected chi connectivity index (χ0v) is 17.2. The molecule has 1 heterocycles. The maximum Gasteiger partial charge on any atom is 0.331 e. The van der Waals surface area contributed by atoms with Gasteiger partial charge < -0.3 is 25.2 Å². The van der Waals surface area contributed by atoms with Crippen LogP contribution in [0.25, 0.3) is 0 Å². The molecule has 9 atom stereocenters. The molecule has 0 unspecified atom stereocenters. The van der Waals surface area contributed by atoms with Crippen molar-refractivity contribution in [3.63, 3.8) is 0 Å². The van der Waals surface area contributed by atoms with E-state index in [1.165, 1.54) is 0 Å². The molecule has 6 nitrogen and oxygen atoms in total. The summed E-state index contributed by atoms with van der Waals surface area (Å²) in [5.41, 5.74) is -0.893. The van der Waals surface area contributed by atoms with Gasteiger partial charge in [0.25, 0.3) is 0 Å². The fraction of sp³-hybridized carbons (Fsp3) is 0.870. The predicted octanol–water partition coefficient (Wildman–Crippen LogP) is 1.55. The number of ether oxygens (including phenoxy) is 1. The average Bonchev–Trinajstić information content (AvgIpc) is 3.22. The molecule has 0 amide bonds. The Hall–Kier alpha value is -0.950. The van der Waals surface area contributed by atoms with Crippen LogP contribution in [0.2, 0.25) is 0 Å². The van der Waals surface area contributed by atoms with Crippen molar-refractivity contribution in [3.8, 4) is 0 Å². The summed E-state index contributed by atoms with van der Waals surface area (Å²) in [6, 6.07) is 0. The van der Waals surface area contributed by atoms with E-state index in [1.807, 2.05) is 0 Å². The number of rotatable bonds is 2. The normalized spacial score (nSPS) is 54.2. The smallest absolute Gasteiger partial charge is 0.331 e. The van der Waals surface area contributed by atoms with E-state index >= 15 is 0 Å².